The summed E-state index contributed by atoms with van der Waals surface area (Å²) in [7, 11) is 1.58. The molecule has 0 saturated carbocycles. The van der Waals surface area contributed by atoms with Crippen LogP contribution in [0.4, 0.5) is 4.39 Å². The van der Waals surface area contributed by atoms with Crippen molar-refractivity contribution in [2.75, 3.05) is 13.7 Å². The smallest absolute Gasteiger partial charge is 0.274 e. The summed E-state index contributed by atoms with van der Waals surface area (Å²) >= 11 is 1.55. The van der Waals surface area contributed by atoms with Crippen molar-refractivity contribution in [1.82, 2.24) is 19.3 Å². The molecule has 1 amide bonds. The minimum Gasteiger partial charge on any atom is -0.380 e. The number of pyridine rings is 1. The molecule has 1 saturated heterocycles. The summed E-state index contributed by atoms with van der Waals surface area (Å²) in [5.74, 6) is -0.354. The number of methoxy groups -OCH3 is 1. The van der Waals surface area contributed by atoms with Crippen LogP contribution in [0.2, 0.25) is 0 Å². The van der Waals surface area contributed by atoms with Crippen molar-refractivity contribution in [1.29, 1.82) is 0 Å². The van der Waals surface area contributed by atoms with Gasteiger partial charge in [-0.25, -0.2) is 14.4 Å². The number of halogens is 1. The number of benzene rings is 1. The number of hydrogen-bond acceptors (Lipinski definition) is 5. The number of hydrogen-bond donors (Lipinski definition) is 0. The molecule has 34 heavy (non-hydrogen) atoms. The summed E-state index contributed by atoms with van der Waals surface area (Å²) < 4.78 is 21.0. The SMILES string of the molecule is COCc1cc(F)cn2cc(C[C@@H]3CCCCN3C(=O)c3nc(C)sc3-c3ccccc3)nc12. The number of aromatic nitrogens is 3. The molecule has 0 bridgehead atoms. The summed E-state index contributed by atoms with van der Waals surface area (Å²) in [6, 6.07) is 11.4. The number of nitrogens with zero attached hydrogens (tertiary/aromatic N) is 4. The normalized spacial score (nSPS) is 16.3. The summed E-state index contributed by atoms with van der Waals surface area (Å²) in [5.41, 5.74) is 3.77. The number of amides is 1. The lowest BCUT2D eigenvalue weighted by Gasteiger charge is -2.35. The number of carbonyl (C=O) groups is 1. The van der Waals surface area contributed by atoms with Gasteiger partial charge >= 0.3 is 0 Å². The Hall–Kier alpha value is -3.10. The van der Waals surface area contributed by atoms with Crippen molar-refractivity contribution in [2.24, 2.45) is 0 Å². The third-order valence-corrected chi connectivity index (χ3v) is 7.27. The lowest BCUT2D eigenvalue weighted by Crippen LogP contribution is -2.45. The van der Waals surface area contributed by atoms with Gasteiger partial charge in [-0.3, -0.25) is 4.79 Å². The Morgan fingerprint density at radius 1 is 1.21 bits per heavy atom. The van der Waals surface area contributed by atoms with Gasteiger partial charge in [-0.15, -0.1) is 11.3 Å². The maximum Gasteiger partial charge on any atom is 0.274 e. The summed E-state index contributed by atoms with van der Waals surface area (Å²) in [6.07, 6.45) is 6.84. The predicted octanol–water partition coefficient (Wildman–Crippen LogP) is 5.29. The Morgan fingerprint density at radius 3 is 2.82 bits per heavy atom. The Labute approximate surface area is 202 Å². The number of likely N-dealkylation sites (tertiary alicyclic amines) is 1. The molecule has 0 aliphatic carbocycles. The molecule has 0 radical (unpaired) electrons. The summed E-state index contributed by atoms with van der Waals surface area (Å²) in [5, 5.41) is 0.879. The maximum atomic E-state index is 14.1. The Balaban J connectivity index is 1.44. The molecule has 1 atom stereocenters. The zero-order valence-electron chi connectivity index (χ0n) is 19.3. The van der Waals surface area contributed by atoms with E-state index in [1.165, 1.54) is 12.3 Å². The van der Waals surface area contributed by atoms with Gasteiger partial charge in [0.2, 0.25) is 0 Å². The molecule has 5 rings (SSSR count). The van der Waals surface area contributed by atoms with Crippen molar-refractivity contribution in [3.63, 3.8) is 0 Å². The second-order valence-corrected chi connectivity index (χ2v) is 9.91. The first-order valence-corrected chi connectivity index (χ1v) is 12.3. The van der Waals surface area contributed by atoms with Gasteiger partial charge in [0.05, 0.1) is 22.2 Å². The van der Waals surface area contributed by atoms with E-state index in [1.54, 1.807) is 22.8 Å². The second kappa shape index (κ2) is 9.64. The van der Waals surface area contributed by atoms with Gasteiger partial charge in [-0.2, -0.15) is 0 Å². The minimum atomic E-state index is -0.328. The van der Waals surface area contributed by atoms with Crippen molar-refractivity contribution < 1.29 is 13.9 Å². The Bertz CT molecular complexity index is 1320. The van der Waals surface area contributed by atoms with Crippen LogP contribution in [0.3, 0.4) is 0 Å². The van der Waals surface area contributed by atoms with Crippen LogP contribution in [-0.2, 0) is 17.8 Å². The molecule has 4 heterocycles. The molecule has 1 fully saturated rings. The van der Waals surface area contributed by atoms with E-state index >= 15 is 0 Å². The fourth-order valence-corrected chi connectivity index (χ4v) is 5.67. The standard InChI is InChI=1S/C26H27FN4O2S/c1-17-28-23(24(34-17)18-8-4-3-5-9-18)26(32)31-11-7-6-10-22(31)13-21-15-30-14-20(27)12-19(16-33-2)25(30)29-21/h3-5,8-9,12,14-15,22H,6-7,10-11,13,16H2,1-2H3/t22-/m0/s1. The van der Waals surface area contributed by atoms with Gasteiger partial charge in [0.15, 0.2) is 0 Å². The number of rotatable bonds is 6. The molecule has 3 aromatic heterocycles. The molecule has 8 heteroatoms. The Kier molecular flexibility index (Phi) is 6.43. The van der Waals surface area contributed by atoms with Gasteiger partial charge in [-0.1, -0.05) is 30.3 Å². The van der Waals surface area contributed by atoms with Crippen LogP contribution in [0, 0.1) is 12.7 Å². The zero-order chi connectivity index (χ0) is 23.7. The van der Waals surface area contributed by atoms with Crippen molar-refractivity contribution in [3.8, 4) is 10.4 Å². The minimum absolute atomic E-state index is 0.0208. The van der Waals surface area contributed by atoms with E-state index in [4.69, 9.17) is 9.72 Å². The van der Waals surface area contributed by atoms with E-state index in [2.05, 4.69) is 4.98 Å². The van der Waals surface area contributed by atoms with Crippen molar-refractivity contribution in [3.05, 3.63) is 76.6 Å². The van der Waals surface area contributed by atoms with E-state index in [-0.39, 0.29) is 24.4 Å². The number of piperidine rings is 1. The third-order valence-electron chi connectivity index (χ3n) is 6.25. The molecule has 6 nitrogen and oxygen atoms in total. The fourth-order valence-electron chi connectivity index (χ4n) is 4.76. The lowest BCUT2D eigenvalue weighted by molar-refractivity contribution is 0.0608. The van der Waals surface area contributed by atoms with Crippen LogP contribution in [0.25, 0.3) is 16.1 Å². The first-order valence-electron chi connectivity index (χ1n) is 11.5. The average Bonchev–Trinajstić information content (AvgIpc) is 3.43. The average molecular weight is 479 g/mol. The second-order valence-electron chi connectivity index (χ2n) is 8.71. The highest BCUT2D eigenvalue weighted by molar-refractivity contribution is 7.15. The monoisotopic (exact) mass is 478 g/mol. The molecule has 176 valence electrons. The summed E-state index contributed by atoms with van der Waals surface area (Å²) in [6.45, 7) is 2.93. The van der Waals surface area contributed by atoms with E-state index in [9.17, 15) is 9.18 Å². The molecule has 0 spiro atoms. The predicted molar refractivity (Wildman–Crippen MR) is 131 cm³/mol. The van der Waals surface area contributed by atoms with Gasteiger partial charge in [0.1, 0.15) is 17.2 Å². The highest BCUT2D eigenvalue weighted by atomic mass is 32.1. The molecular weight excluding hydrogens is 451 g/mol. The van der Waals surface area contributed by atoms with Crippen LogP contribution < -0.4 is 0 Å². The van der Waals surface area contributed by atoms with Crippen LogP contribution in [-0.4, -0.2) is 44.9 Å². The molecule has 1 aliphatic heterocycles. The molecule has 0 N–H and O–H groups in total. The number of imidazole rings is 1. The van der Waals surface area contributed by atoms with E-state index in [0.717, 1.165) is 40.4 Å². The van der Waals surface area contributed by atoms with Gasteiger partial charge < -0.3 is 14.0 Å². The van der Waals surface area contributed by atoms with Crippen molar-refractivity contribution in [2.45, 2.75) is 45.3 Å². The van der Waals surface area contributed by atoms with Crippen LogP contribution in [0.1, 0.15) is 46.0 Å². The summed E-state index contributed by atoms with van der Waals surface area (Å²) in [4.78, 5) is 26.0. The maximum absolute atomic E-state index is 14.1. The van der Waals surface area contributed by atoms with E-state index in [1.807, 2.05) is 48.4 Å². The first-order chi connectivity index (χ1) is 16.5. The van der Waals surface area contributed by atoms with Crippen molar-refractivity contribution >= 4 is 22.9 Å². The quantitative estimate of drug-likeness (QED) is 0.378. The fraction of sp³-hybridized carbons (Fsp3) is 0.346. The topological polar surface area (TPSA) is 59.7 Å². The molecule has 0 unspecified atom stereocenters. The highest BCUT2D eigenvalue weighted by Crippen LogP contribution is 2.32. The molecular formula is C26H27FN4O2S. The van der Waals surface area contributed by atoms with Crippen LogP contribution in [0.5, 0.6) is 0 Å². The van der Waals surface area contributed by atoms with Crippen LogP contribution >= 0.6 is 11.3 Å². The number of ether oxygens (including phenoxy) is 1. The highest BCUT2D eigenvalue weighted by Gasteiger charge is 2.31. The van der Waals surface area contributed by atoms with Crippen LogP contribution in [0.15, 0.2) is 48.8 Å². The Morgan fingerprint density at radius 2 is 2.03 bits per heavy atom. The third kappa shape index (κ3) is 4.48. The number of thiazole rings is 1. The zero-order valence-corrected chi connectivity index (χ0v) is 20.1. The number of carbonyl (C=O) groups excluding carboxylic acids is 1. The van der Waals surface area contributed by atoms with Gasteiger partial charge in [-0.05, 0) is 37.8 Å². The first kappa shape index (κ1) is 22.7. The molecule has 1 aliphatic rings. The van der Waals surface area contributed by atoms with Gasteiger partial charge in [0.25, 0.3) is 5.91 Å². The largest absolute Gasteiger partial charge is 0.380 e. The van der Waals surface area contributed by atoms with E-state index in [0.29, 0.717) is 29.9 Å². The lowest BCUT2D eigenvalue weighted by atomic mass is 9.97. The number of fused-ring (bicyclic) bond motifs is 1. The molecule has 1 aromatic carbocycles. The number of aryl methyl sites for hydroxylation is 1. The molecule has 4 aromatic rings. The van der Waals surface area contributed by atoms with E-state index < -0.39 is 0 Å². The van der Waals surface area contributed by atoms with Gasteiger partial charge in [0, 0.05) is 44.1 Å².